The normalized spacial score (nSPS) is 15.5. The molecule has 2 aromatic rings. The third-order valence-corrected chi connectivity index (χ3v) is 5.66. The molecule has 4 nitrogen and oxygen atoms in total. The van der Waals surface area contributed by atoms with E-state index in [1.807, 2.05) is 24.3 Å². The molecule has 0 bridgehead atoms. The summed E-state index contributed by atoms with van der Waals surface area (Å²) in [6.45, 7) is 2.61. The Balaban J connectivity index is 1.68. The topological polar surface area (TPSA) is 41.6 Å². The van der Waals surface area contributed by atoms with Crippen molar-refractivity contribution in [1.29, 1.82) is 0 Å². The number of hydrogen-bond acceptors (Lipinski definition) is 3. The largest absolute Gasteiger partial charge is 0.496 e. The third-order valence-electron chi connectivity index (χ3n) is 4.92. The Morgan fingerprint density at radius 1 is 1.15 bits per heavy atom. The van der Waals surface area contributed by atoms with Gasteiger partial charge < -0.3 is 10.1 Å². The van der Waals surface area contributed by atoms with E-state index in [-0.39, 0.29) is 18.4 Å². The zero-order chi connectivity index (χ0) is 19.2. The van der Waals surface area contributed by atoms with Crippen LogP contribution in [0.5, 0.6) is 5.75 Å². The SMILES string of the molecule is COc1ccccc1C(CNC(=O)Cc1ccc(Cl)c(Cl)c1)N1CCCC1. The van der Waals surface area contributed by atoms with Gasteiger partial charge in [-0.15, -0.1) is 0 Å². The van der Waals surface area contributed by atoms with Gasteiger partial charge in [-0.2, -0.15) is 0 Å². The fraction of sp³-hybridized carbons (Fsp3) is 0.381. The van der Waals surface area contributed by atoms with E-state index in [4.69, 9.17) is 27.9 Å². The first-order chi connectivity index (χ1) is 13.1. The van der Waals surface area contributed by atoms with E-state index in [2.05, 4.69) is 16.3 Å². The summed E-state index contributed by atoms with van der Waals surface area (Å²) < 4.78 is 5.55. The van der Waals surface area contributed by atoms with E-state index in [0.29, 0.717) is 16.6 Å². The molecule has 0 aliphatic carbocycles. The van der Waals surface area contributed by atoms with Crippen molar-refractivity contribution in [3.63, 3.8) is 0 Å². The van der Waals surface area contributed by atoms with Gasteiger partial charge in [0.05, 0.1) is 29.6 Å². The second-order valence-electron chi connectivity index (χ2n) is 6.73. The average Bonchev–Trinajstić information content (AvgIpc) is 3.20. The molecule has 0 aromatic heterocycles. The van der Waals surface area contributed by atoms with Gasteiger partial charge in [-0.3, -0.25) is 9.69 Å². The molecule has 1 amide bonds. The van der Waals surface area contributed by atoms with Crippen LogP contribution >= 0.6 is 23.2 Å². The first kappa shape index (κ1) is 20.0. The van der Waals surface area contributed by atoms with E-state index in [1.54, 1.807) is 19.2 Å². The minimum Gasteiger partial charge on any atom is -0.496 e. The Bertz CT molecular complexity index is 792. The van der Waals surface area contributed by atoms with Crippen LogP contribution in [0.1, 0.15) is 30.0 Å². The van der Waals surface area contributed by atoms with Crippen LogP contribution < -0.4 is 10.1 Å². The molecule has 0 radical (unpaired) electrons. The van der Waals surface area contributed by atoms with Gasteiger partial charge in [0.2, 0.25) is 5.91 Å². The van der Waals surface area contributed by atoms with Gasteiger partial charge in [0.1, 0.15) is 5.75 Å². The van der Waals surface area contributed by atoms with Crippen LogP contribution in [0.25, 0.3) is 0 Å². The molecular weight excluding hydrogens is 383 g/mol. The van der Waals surface area contributed by atoms with Gasteiger partial charge in [0.15, 0.2) is 0 Å². The van der Waals surface area contributed by atoms with Crippen molar-refractivity contribution in [2.45, 2.75) is 25.3 Å². The van der Waals surface area contributed by atoms with Gasteiger partial charge in [-0.1, -0.05) is 47.5 Å². The third kappa shape index (κ3) is 5.16. The summed E-state index contributed by atoms with van der Waals surface area (Å²) in [7, 11) is 1.68. The number of methoxy groups -OCH3 is 1. The minimum atomic E-state index is -0.0347. The summed E-state index contributed by atoms with van der Waals surface area (Å²) in [5.41, 5.74) is 1.95. The molecule has 3 rings (SSSR count). The number of ether oxygens (including phenoxy) is 1. The van der Waals surface area contributed by atoms with Crippen molar-refractivity contribution in [3.8, 4) is 5.75 Å². The van der Waals surface area contributed by atoms with E-state index in [9.17, 15) is 4.79 Å². The number of carbonyl (C=O) groups excluding carboxylic acids is 1. The molecule has 1 saturated heterocycles. The highest BCUT2D eigenvalue weighted by Gasteiger charge is 2.26. The Morgan fingerprint density at radius 3 is 2.59 bits per heavy atom. The molecule has 2 aromatic carbocycles. The molecule has 1 fully saturated rings. The first-order valence-electron chi connectivity index (χ1n) is 9.16. The highest BCUT2D eigenvalue weighted by molar-refractivity contribution is 6.42. The van der Waals surface area contributed by atoms with Gasteiger partial charge in [0, 0.05) is 12.1 Å². The van der Waals surface area contributed by atoms with Crippen LogP contribution in [0.4, 0.5) is 0 Å². The molecule has 1 aliphatic rings. The maximum absolute atomic E-state index is 12.5. The Labute approximate surface area is 170 Å². The standard InChI is InChI=1S/C21H24Cl2N2O2/c1-27-20-7-3-2-6-16(20)19(25-10-4-5-11-25)14-24-21(26)13-15-8-9-17(22)18(23)12-15/h2-3,6-9,12,19H,4-5,10-11,13-14H2,1H3,(H,24,26). The predicted octanol–water partition coefficient (Wildman–Crippen LogP) is 4.50. The summed E-state index contributed by atoms with van der Waals surface area (Å²) in [5.74, 6) is 0.820. The average molecular weight is 407 g/mol. The number of amides is 1. The van der Waals surface area contributed by atoms with Crippen molar-refractivity contribution >= 4 is 29.1 Å². The zero-order valence-corrected chi connectivity index (χ0v) is 16.9. The van der Waals surface area contributed by atoms with Crippen LogP contribution in [-0.2, 0) is 11.2 Å². The van der Waals surface area contributed by atoms with Crippen LogP contribution in [0.15, 0.2) is 42.5 Å². The lowest BCUT2D eigenvalue weighted by Crippen LogP contribution is -2.37. The quantitative estimate of drug-likeness (QED) is 0.735. The zero-order valence-electron chi connectivity index (χ0n) is 15.4. The van der Waals surface area contributed by atoms with Crippen LogP contribution in [0, 0.1) is 0 Å². The van der Waals surface area contributed by atoms with Crippen LogP contribution in [0.2, 0.25) is 10.0 Å². The maximum atomic E-state index is 12.5. The summed E-state index contributed by atoms with van der Waals surface area (Å²) in [6, 6.07) is 13.4. The predicted molar refractivity (Wildman–Crippen MR) is 110 cm³/mol. The lowest BCUT2D eigenvalue weighted by atomic mass is 10.0. The number of nitrogens with zero attached hydrogens (tertiary/aromatic N) is 1. The monoisotopic (exact) mass is 406 g/mol. The molecule has 1 aliphatic heterocycles. The van der Waals surface area contributed by atoms with Crippen LogP contribution in [-0.4, -0.2) is 37.6 Å². The molecule has 1 heterocycles. The number of benzene rings is 2. The smallest absolute Gasteiger partial charge is 0.224 e. The van der Waals surface area contributed by atoms with E-state index >= 15 is 0 Å². The van der Waals surface area contributed by atoms with Crippen molar-refractivity contribution in [2.75, 3.05) is 26.7 Å². The van der Waals surface area contributed by atoms with E-state index in [1.165, 1.54) is 12.8 Å². The Kier molecular flexibility index (Phi) is 7.00. The van der Waals surface area contributed by atoms with E-state index in [0.717, 1.165) is 30.0 Å². The minimum absolute atomic E-state index is 0.0347. The number of halogens is 2. The van der Waals surface area contributed by atoms with Gasteiger partial charge in [-0.05, 0) is 49.7 Å². The van der Waals surface area contributed by atoms with Crippen LogP contribution in [0.3, 0.4) is 0 Å². The molecule has 1 atom stereocenters. The summed E-state index contributed by atoms with van der Waals surface area (Å²) in [4.78, 5) is 14.9. The highest BCUT2D eigenvalue weighted by atomic mass is 35.5. The number of rotatable bonds is 7. The Hall–Kier alpha value is -1.75. The van der Waals surface area contributed by atoms with Gasteiger partial charge >= 0.3 is 0 Å². The second-order valence-corrected chi connectivity index (χ2v) is 7.54. The summed E-state index contributed by atoms with van der Waals surface area (Å²) in [6.07, 6.45) is 2.64. The molecular formula is C21H24Cl2N2O2. The second kappa shape index (κ2) is 9.45. The molecule has 1 N–H and O–H groups in total. The van der Waals surface area contributed by atoms with Gasteiger partial charge in [-0.25, -0.2) is 0 Å². The number of likely N-dealkylation sites (tertiary alicyclic amines) is 1. The van der Waals surface area contributed by atoms with Crippen molar-refractivity contribution in [3.05, 3.63) is 63.6 Å². The maximum Gasteiger partial charge on any atom is 0.224 e. The van der Waals surface area contributed by atoms with Crippen molar-refractivity contribution in [2.24, 2.45) is 0 Å². The fourth-order valence-corrected chi connectivity index (χ4v) is 3.86. The van der Waals surface area contributed by atoms with Crippen molar-refractivity contribution < 1.29 is 9.53 Å². The fourth-order valence-electron chi connectivity index (χ4n) is 3.54. The van der Waals surface area contributed by atoms with E-state index < -0.39 is 0 Å². The molecule has 1 unspecified atom stereocenters. The molecule has 6 heteroatoms. The number of para-hydroxylation sites is 1. The Morgan fingerprint density at radius 2 is 1.89 bits per heavy atom. The number of hydrogen-bond donors (Lipinski definition) is 1. The lowest BCUT2D eigenvalue weighted by Gasteiger charge is -2.29. The van der Waals surface area contributed by atoms with Crippen molar-refractivity contribution in [1.82, 2.24) is 10.2 Å². The van der Waals surface area contributed by atoms with Gasteiger partial charge in [0.25, 0.3) is 0 Å². The molecule has 144 valence electrons. The summed E-state index contributed by atoms with van der Waals surface area (Å²) >= 11 is 12.0. The summed E-state index contributed by atoms with van der Waals surface area (Å²) in [5, 5.41) is 4.04. The first-order valence-corrected chi connectivity index (χ1v) is 9.91. The number of nitrogens with one attached hydrogen (secondary N) is 1. The lowest BCUT2D eigenvalue weighted by molar-refractivity contribution is -0.120. The number of carbonyl (C=O) groups is 1. The molecule has 0 saturated carbocycles. The highest BCUT2D eigenvalue weighted by Crippen LogP contribution is 2.31. The molecule has 27 heavy (non-hydrogen) atoms. The molecule has 0 spiro atoms.